The van der Waals surface area contributed by atoms with E-state index in [1.807, 2.05) is 26.0 Å². The topological polar surface area (TPSA) is 26.3 Å². The molecule has 0 aliphatic rings. The Balaban J connectivity index is 3.05. The molecule has 2 rings (SSSR count). The van der Waals surface area contributed by atoms with Crippen molar-refractivity contribution in [1.82, 2.24) is 0 Å². The van der Waals surface area contributed by atoms with E-state index in [-0.39, 0.29) is 0 Å². The van der Waals surface area contributed by atoms with Crippen molar-refractivity contribution in [3.63, 3.8) is 0 Å². The van der Waals surface area contributed by atoms with Crippen molar-refractivity contribution >= 4 is 23.4 Å². The van der Waals surface area contributed by atoms with Crippen LogP contribution < -0.4 is 10.2 Å². The summed E-state index contributed by atoms with van der Waals surface area (Å²) in [5.74, 6) is 0.866. The molecule has 3 heteroatoms. The predicted octanol–water partition coefficient (Wildman–Crippen LogP) is 2.76. The molecular weight excluding hydrogens is 223 g/mol. The number of rotatable bonds is 2. The molecule has 92 valence electrons. The summed E-state index contributed by atoms with van der Waals surface area (Å²) >= 11 is 0. The molecule has 0 atom stereocenters. The van der Waals surface area contributed by atoms with Crippen molar-refractivity contribution in [1.29, 1.82) is 0 Å². The van der Waals surface area contributed by atoms with E-state index in [9.17, 15) is 4.70 Å². The van der Waals surface area contributed by atoms with Gasteiger partial charge in [0.25, 0.3) is 0 Å². The van der Waals surface area contributed by atoms with Gasteiger partial charge in [0.2, 0.25) is 0 Å². The summed E-state index contributed by atoms with van der Waals surface area (Å²) in [6.07, 6.45) is 0. The van der Waals surface area contributed by atoms with Crippen LogP contribution in [0.4, 0.5) is 0 Å². The summed E-state index contributed by atoms with van der Waals surface area (Å²) in [6, 6.07) is 3.91. The van der Waals surface area contributed by atoms with Crippen molar-refractivity contribution in [3.8, 4) is 5.75 Å². The van der Waals surface area contributed by atoms with Gasteiger partial charge in [-0.3, -0.25) is 0 Å². The Kier molecular flexibility index (Phi) is 3.25. The fourth-order valence-corrected chi connectivity index (χ4v) is 2.65. The Morgan fingerprint density at radius 1 is 0.944 bits per heavy atom. The molecule has 2 nitrogen and oxygen atoms in total. The van der Waals surface area contributed by atoms with E-state index in [2.05, 4.69) is 13.8 Å². The van der Waals surface area contributed by atoms with Gasteiger partial charge < -0.3 is 0 Å². The second kappa shape index (κ2) is 4.56. The molecule has 0 unspecified atom stereocenters. The molecule has 18 heavy (non-hydrogen) atoms. The van der Waals surface area contributed by atoms with E-state index in [0.717, 1.165) is 40.3 Å². The van der Waals surface area contributed by atoms with Gasteiger partial charge in [-0.15, -0.1) is 0 Å². The van der Waals surface area contributed by atoms with Crippen LogP contribution in [0.1, 0.15) is 22.3 Å². The molecule has 0 N–H and O–H groups in total. The molecule has 0 fully saturated rings. The molecule has 0 bridgehead atoms. The molecular formula is C15H17BO2. The van der Waals surface area contributed by atoms with E-state index in [1.165, 1.54) is 11.1 Å². The third-order valence-electron chi connectivity index (χ3n) is 3.95. The first-order valence-corrected chi connectivity index (χ1v) is 6.05. The maximum atomic E-state index is 11.3. The number of ether oxygens (including phenoxy) is 1. The molecule has 0 aliphatic carbocycles. The molecule has 0 aromatic heterocycles. The molecule has 0 heterocycles. The van der Waals surface area contributed by atoms with Crippen molar-refractivity contribution in [2.24, 2.45) is 0 Å². The van der Waals surface area contributed by atoms with Crippen LogP contribution in [0.25, 0.3) is 10.8 Å². The van der Waals surface area contributed by atoms with Crippen molar-refractivity contribution in [3.05, 3.63) is 34.4 Å². The monoisotopic (exact) mass is 240 g/mol. The van der Waals surface area contributed by atoms with Crippen LogP contribution in [0.3, 0.4) is 0 Å². The summed E-state index contributed by atoms with van der Waals surface area (Å²) in [7, 11) is 2.63. The van der Waals surface area contributed by atoms with Crippen molar-refractivity contribution in [2.45, 2.75) is 27.7 Å². The molecule has 0 saturated heterocycles. The van der Waals surface area contributed by atoms with Gasteiger partial charge >= 0.3 is 108 Å². The van der Waals surface area contributed by atoms with E-state index >= 15 is 0 Å². The fraction of sp³-hybridized carbons (Fsp3) is 0.333. The summed E-state index contributed by atoms with van der Waals surface area (Å²) in [6.45, 7) is 8.21. The minimum atomic E-state index is 0.791. The first-order valence-electron chi connectivity index (χ1n) is 6.05. The Morgan fingerprint density at radius 2 is 1.61 bits per heavy atom. The first kappa shape index (κ1) is 12.8. The number of hydrogen-bond acceptors (Lipinski definition) is 2. The molecule has 2 aromatic rings. The minimum absolute atomic E-state index is 0.791. The van der Waals surface area contributed by atoms with Crippen LogP contribution in [0.2, 0.25) is 0 Å². The molecule has 0 radical (unpaired) electrons. The SMILES string of the molecule is COc1ccc2c(B=O)c(C)c(C)c(C)c2c1C. The summed E-state index contributed by atoms with van der Waals surface area (Å²) in [5, 5.41) is 2.16. The third kappa shape index (κ3) is 1.66. The molecule has 0 amide bonds. The Hall–Kier alpha value is -1.64. The summed E-state index contributed by atoms with van der Waals surface area (Å²) < 4.78 is 16.7. The normalized spacial score (nSPS) is 10.5. The molecule has 0 aliphatic heterocycles. The Morgan fingerprint density at radius 3 is 2.17 bits per heavy atom. The van der Waals surface area contributed by atoms with Crippen LogP contribution in [0.5, 0.6) is 5.75 Å². The second-order valence-corrected chi connectivity index (χ2v) is 4.72. The zero-order valence-corrected chi connectivity index (χ0v) is 11.5. The van der Waals surface area contributed by atoms with Gasteiger partial charge in [0.15, 0.2) is 0 Å². The van der Waals surface area contributed by atoms with Gasteiger partial charge in [-0.25, -0.2) is 0 Å². The fourth-order valence-electron chi connectivity index (χ4n) is 2.65. The van der Waals surface area contributed by atoms with Gasteiger partial charge in [0, 0.05) is 0 Å². The zero-order chi connectivity index (χ0) is 13.4. The van der Waals surface area contributed by atoms with Gasteiger partial charge in [0.05, 0.1) is 0 Å². The van der Waals surface area contributed by atoms with Gasteiger partial charge in [0.1, 0.15) is 0 Å². The Labute approximate surface area is 108 Å². The van der Waals surface area contributed by atoms with Gasteiger partial charge in [-0.05, 0) is 0 Å². The number of benzene rings is 2. The van der Waals surface area contributed by atoms with Crippen LogP contribution in [0, 0.1) is 27.7 Å². The van der Waals surface area contributed by atoms with E-state index < -0.39 is 0 Å². The molecule has 0 saturated carbocycles. The van der Waals surface area contributed by atoms with Crippen molar-refractivity contribution in [2.75, 3.05) is 7.11 Å². The van der Waals surface area contributed by atoms with Crippen molar-refractivity contribution < 1.29 is 9.44 Å². The second-order valence-electron chi connectivity index (χ2n) is 4.72. The number of fused-ring (bicyclic) bond motifs is 1. The average Bonchev–Trinajstić information content (AvgIpc) is 2.37. The van der Waals surface area contributed by atoms with Crippen LogP contribution in [-0.2, 0) is 4.70 Å². The summed E-state index contributed by atoms with van der Waals surface area (Å²) in [5.41, 5.74) is 5.36. The standard InChI is InChI=1S/C15H17BO2/c1-8-9(2)14-11(4)13(18-5)7-6-12(14)15(16-17)10(8)3/h6-7H,1-5H3. The predicted molar refractivity (Wildman–Crippen MR) is 75.5 cm³/mol. The van der Waals surface area contributed by atoms with Gasteiger partial charge in [-0.2, -0.15) is 0 Å². The maximum absolute atomic E-state index is 11.3. The van der Waals surface area contributed by atoms with Gasteiger partial charge in [-0.1, -0.05) is 0 Å². The number of aryl methyl sites for hydroxylation is 2. The number of hydrogen-bond donors (Lipinski definition) is 0. The average molecular weight is 240 g/mol. The van der Waals surface area contributed by atoms with E-state index in [0.29, 0.717) is 0 Å². The molecule has 2 aromatic carbocycles. The van der Waals surface area contributed by atoms with E-state index in [1.54, 1.807) is 7.11 Å². The van der Waals surface area contributed by atoms with E-state index in [4.69, 9.17) is 4.74 Å². The van der Waals surface area contributed by atoms with Crippen LogP contribution >= 0.6 is 0 Å². The number of methoxy groups -OCH3 is 1. The quantitative estimate of drug-likeness (QED) is 0.754. The zero-order valence-electron chi connectivity index (χ0n) is 11.5. The van der Waals surface area contributed by atoms with Crippen LogP contribution in [0.15, 0.2) is 12.1 Å². The summed E-state index contributed by atoms with van der Waals surface area (Å²) in [4.78, 5) is 0. The molecule has 0 spiro atoms. The van der Waals surface area contributed by atoms with Crippen LogP contribution in [-0.4, -0.2) is 14.3 Å². The Bertz CT molecular complexity index is 645. The third-order valence-corrected chi connectivity index (χ3v) is 3.95. The first-order chi connectivity index (χ1) is 8.52.